The molecule has 144 valence electrons. The van der Waals surface area contributed by atoms with Crippen LogP contribution in [0.4, 0.5) is 5.69 Å². The van der Waals surface area contributed by atoms with Gasteiger partial charge in [0.15, 0.2) is 6.19 Å². The van der Waals surface area contributed by atoms with E-state index in [9.17, 15) is 10.1 Å². The third kappa shape index (κ3) is 3.13. The van der Waals surface area contributed by atoms with E-state index in [1.807, 2.05) is 24.0 Å². The number of nitriles is 1. The van der Waals surface area contributed by atoms with Crippen LogP contribution < -0.4 is 10.2 Å². The summed E-state index contributed by atoms with van der Waals surface area (Å²) in [5, 5.41) is 13.9. The molecule has 5 nitrogen and oxygen atoms in total. The number of likely N-dealkylation sites (tertiary alicyclic amines) is 1. The van der Waals surface area contributed by atoms with E-state index in [1.54, 1.807) is 6.07 Å². The average Bonchev–Trinajstić information content (AvgIpc) is 3.05. The van der Waals surface area contributed by atoms with Gasteiger partial charge in [0.05, 0.1) is 17.5 Å². The molecule has 3 aliphatic rings. The summed E-state index contributed by atoms with van der Waals surface area (Å²) in [6.45, 7) is 5.67. The van der Waals surface area contributed by atoms with Crippen molar-refractivity contribution in [1.29, 1.82) is 5.26 Å². The second-order valence-electron chi connectivity index (χ2n) is 8.19. The molecule has 2 heterocycles. The fourth-order valence-corrected chi connectivity index (χ4v) is 5.43. The first-order valence-corrected chi connectivity index (χ1v) is 10.3. The van der Waals surface area contributed by atoms with Gasteiger partial charge in [0.1, 0.15) is 0 Å². The normalized spacial score (nSPS) is 34.3. The molecule has 27 heavy (non-hydrogen) atoms. The maximum atomic E-state index is 13.1. The monoisotopic (exact) mass is 406 g/mol. The van der Waals surface area contributed by atoms with Gasteiger partial charge in [0.25, 0.3) is 0 Å². The van der Waals surface area contributed by atoms with Gasteiger partial charge in [0, 0.05) is 34.9 Å². The molecular formula is C20H24Cl2N4O. The second kappa shape index (κ2) is 6.76. The largest absolute Gasteiger partial charge is 0.370 e. The van der Waals surface area contributed by atoms with Crippen molar-refractivity contribution in [3.63, 3.8) is 0 Å². The van der Waals surface area contributed by atoms with Crippen LogP contribution in [0.1, 0.15) is 33.1 Å². The first kappa shape index (κ1) is 18.7. The van der Waals surface area contributed by atoms with E-state index >= 15 is 0 Å². The van der Waals surface area contributed by atoms with Gasteiger partial charge in [-0.25, -0.2) is 0 Å². The SMILES string of the molecule is CC[C@H]1C[C@@H](NC(=O)[C@]23C[C@H]2CN(c2cc(Cl)cc(Cl)c2)C3)[C@@H](C)N1C#N. The number of hydrogen-bond donors (Lipinski definition) is 1. The van der Waals surface area contributed by atoms with Gasteiger partial charge in [0.2, 0.25) is 5.91 Å². The van der Waals surface area contributed by atoms with Crippen molar-refractivity contribution in [2.45, 2.75) is 51.2 Å². The molecule has 1 aromatic carbocycles. The molecule has 5 atom stereocenters. The van der Waals surface area contributed by atoms with Gasteiger partial charge in [-0.1, -0.05) is 30.1 Å². The molecule has 2 aliphatic heterocycles. The number of nitrogens with zero attached hydrogens (tertiary/aromatic N) is 3. The average molecular weight is 407 g/mol. The van der Waals surface area contributed by atoms with Crippen molar-refractivity contribution in [2.75, 3.05) is 18.0 Å². The number of nitrogens with one attached hydrogen (secondary N) is 1. The number of halogens is 2. The number of amides is 1. The molecule has 4 rings (SSSR count). The van der Waals surface area contributed by atoms with Crippen molar-refractivity contribution in [3.8, 4) is 6.19 Å². The van der Waals surface area contributed by atoms with Gasteiger partial charge in [-0.05, 0) is 50.3 Å². The summed E-state index contributed by atoms with van der Waals surface area (Å²) < 4.78 is 0. The van der Waals surface area contributed by atoms with Crippen LogP contribution in [-0.2, 0) is 4.79 Å². The van der Waals surface area contributed by atoms with Crippen LogP contribution in [0.5, 0.6) is 0 Å². The van der Waals surface area contributed by atoms with Crippen molar-refractivity contribution < 1.29 is 4.79 Å². The van der Waals surface area contributed by atoms with E-state index < -0.39 is 0 Å². The summed E-state index contributed by atoms with van der Waals surface area (Å²) in [4.78, 5) is 17.2. The Kier molecular flexibility index (Phi) is 4.68. The molecule has 3 fully saturated rings. The lowest BCUT2D eigenvalue weighted by molar-refractivity contribution is -0.126. The molecule has 1 aliphatic carbocycles. The predicted octanol–water partition coefficient (Wildman–Crippen LogP) is 3.66. The fourth-order valence-electron chi connectivity index (χ4n) is 4.91. The predicted molar refractivity (Wildman–Crippen MR) is 107 cm³/mol. The number of anilines is 1. The van der Waals surface area contributed by atoms with Crippen LogP contribution in [0.25, 0.3) is 0 Å². The Hall–Kier alpha value is -1.64. The van der Waals surface area contributed by atoms with E-state index in [2.05, 4.69) is 23.3 Å². The van der Waals surface area contributed by atoms with Crippen LogP contribution in [-0.4, -0.2) is 42.0 Å². The van der Waals surface area contributed by atoms with Crippen LogP contribution >= 0.6 is 23.2 Å². The molecule has 2 saturated heterocycles. The standard InChI is InChI=1S/C20H24Cl2N4O/c1-3-16-7-18(12(2)26(16)11-23)24-19(27)20-8-13(20)9-25(10-20)17-5-14(21)4-15(22)6-17/h4-6,12-13,16,18H,3,7-10H2,1-2H3,(H,24,27)/t12-,13+,16+,18-,20+/m1/s1. The molecule has 1 N–H and O–H groups in total. The molecule has 0 bridgehead atoms. The van der Waals surface area contributed by atoms with Gasteiger partial charge < -0.3 is 15.1 Å². The van der Waals surface area contributed by atoms with Gasteiger partial charge in [-0.3, -0.25) is 4.79 Å². The summed E-state index contributed by atoms with van der Waals surface area (Å²) in [7, 11) is 0. The molecule has 1 saturated carbocycles. The molecule has 0 radical (unpaired) electrons. The first-order chi connectivity index (χ1) is 12.9. The second-order valence-corrected chi connectivity index (χ2v) is 9.06. The quantitative estimate of drug-likeness (QED) is 0.774. The van der Waals surface area contributed by atoms with E-state index in [0.717, 1.165) is 31.5 Å². The lowest BCUT2D eigenvalue weighted by Crippen LogP contribution is -2.46. The van der Waals surface area contributed by atoms with Gasteiger partial charge in [-0.15, -0.1) is 0 Å². The Labute approximate surface area is 170 Å². The maximum absolute atomic E-state index is 13.1. The first-order valence-electron chi connectivity index (χ1n) is 9.58. The molecule has 0 spiro atoms. The van der Waals surface area contributed by atoms with Crippen molar-refractivity contribution in [1.82, 2.24) is 10.2 Å². The highest BCUT2D eigenvalue weighted by Gasteiger charge is 2.65. The Balaban J connectivity index is 1.44. The number of hydrogen-bond acceptors (Lipinski definition) is 4. The molecule has 1 aromatic rings. The van der Waals surface area contributed by atoms with E-state index in [1.165, 1.54) is 0 Å². The minimum Gasteiger partial charge on any atom is -0.370 e. The lowest BCUT2D eigenvalue weighted by atomic mass is 10.0. The number of piperidine rings is 1. The number of benzene rings is 1. The molecule has 0 unspecified atom stereocenters. The number of carbonyl (C=O) groups excluding carboxylic acids is 1. The molecule has 0 aromatic heterocycles. The summed E-state index contributed by atoms with van der Waals surface area (Å²) in [5.74, 6) is 0.510. The van der Waals surface area contributed by atoms with Crippen molar-refractivity contribution in [3.05, 3.63) is 28.2 Å². The topological polar surface area (TPSA) is 59.4 Å². The lowest BCUT2D eigenvalue weighted by Gasteiger charge is -2.26. The highest BCUT2D eigenvalue weighted by molar-refractivity contribution is 6.35. The van der Waals surface area contributed by atoms with Crippen LogP contribution in [0, 0.1) is 22.8 Å². The third-order valence-electron chi connectivity index (χ3n) is 6.65. The van der Waals surface area contributed by atoms with Crippen LogP contribution in [0.15, 0.2) is 18.2 Å². The Morgan fingerprint density at radius 1 is 1.37 bits per heavy atom. The zero-order valence-electron chi connectivity index (χ0n) is 15.6. The summed E-state index contributed by atoms with van der Waals surface area (Å²) >= 11 is 12.3. The molecule has 1 amide bonds. The minimum atomic E-state index is -0.309. The van der Waals surface area contributed by atoms with Crippen molar-refractivity contribution in [2.24, 2.45) is 11.3 Å². The van der Waals surface area contributed by atoms with Gasteiger partial charge in [-0.2, -0.15) is 5.26 Å². The summed E-state index contributed by atoms with van der Waals surface area (Å²) in [6, 6.07) is 5.82. The van der Waals surface area contributed by atoms with Crippen molar-refractivity contribution >= 4 is 34.8 Å². The molecule has 7 heteroatoms. The number of fused-ring (bicyclic) bond motifs is 1. The Morgan fingerprint density at radius 3 is 2.67 bits per heavy atom. The van der Waals surface area contributed by atoms with E-state index in [-0.39, 0.29) is 29.4 Å². The smallest absolute Gasteiger partial charge is 0.228 e. The van der Waals surface area contributed by atoms with Crippen LogP contribution in [0.2, 0.25) is 10.0 Å². The summed E-state index contributed by atoms with van der Waals surface area (Å²) in [6.07, 6.45) is 4.99. The van der Waals surface area contributed by atoms with E-state index in [0.29, 0.717) is 22.5 Å². The Bertz CT molecular complexity index is 789. The summed E-state index contributed by atoms with van der Waals surface area (Å²) in [5.41, 5.74) is 0.666. The zero-order chi connectivity index (χ0) is 19.3. The Morgan fingerprint density at radius 2 is 2.07 bits per heavy atom. The maximum Gasteiger partial charge on any atom is 0.228 e. The van der Waals surface area contributed by atoms with Gasteiger partial charge >= 0.3 is 0 Å². The minimum absolute atomic E-state index is 0.0346. The number of rotatable bonds is 4. The zero-order valence-corrected chi connectivity index (χ0v) is 17.1. The highest BCUT2D eigenvalue weighted by Crippen LogP contribution is 2.58. The number of carbonyl (C=O) groups is 1. The molecular weight excluding hydrogens is 383 g/mol. The fraction of sp³-hybridized carbons (Fsp3) is 0.600. The van der Waals surface area contributed by atoms with E-state index in [4.69, 9.17) is 23.2 Å². The van der Waals surface area contributed by atoms with Crippen LogP contribution in [0.3, 0.4) is 0 Å². The highest BCUT2D eigenvalue weighted by atomic mass is 35.5. The third-order valence-corrected chi connectivity index (χ3v) is 7.09.